The van der Waals surface area contributed by atoms with Crippen LogP contribution in [-0.4, -0.2) is 34.5 Å². The zero-order chi connectivity index (χ0) is 16.9. The third-order valence-corrected chi connectivity index (χ3v) is 3.49. The lowest BCUT2D eigenvalue weighted by atomic mass is 10.1. The number of aromatic nitrogens is 2. The van der Waals surface area contributed by atoms with Crippen molar-refractivity contribution in [3.8, 4) is 22.9 Å². The molecule has 0 saturated heterocycles. The number of esters is 1. The summed E-state index contributed by atoms with van der Waals surface area (Å²) < 4.78 is 10.6. The van der Waals surface area contributed by atoms with Crippen LogP contribution in [0.25, 0.3) is 22.9 Å². The second-order valence-corrected chi connectivity index (χ2v) is 5.16. The zero-order valence-electron chi connectivity index (χ0n) is 13.1. The molecule has 24 heavy (non-hydrogen) atoms. The van der Waals surface area contributed by atoms with Crippen LogP contribution in [0.2, 0.25) is 0 Å². The first-order valence-corrected chi connectivity index (χ1v) is 7.47. The van der Waals surface area contributed by atoms with Crippen molar-refractivity contribution < 1.29 is 19.1 Å². The van der Waals surface area contributed by atoms with Crippen molar-refractivity contribution in [2.75, 3.05) is 13.2 Å². The lowest BCUT2D eigenvalue weighted by Crippen LogP contribution is -2.08. The van der Waals surface area contributed by atoms with Crippen LogP contribution in [0.15, 0.2) is 52.9 Å². The Kier molecular flexibility index (Phi) is 4.67. The number of aliphatic hydroxyl groups is 1. The number of hydrogen-bond donors (Lipinski definition) is 1. The van der Waals surface area contributed by atoms with Gasteiger partial charge in [-0.1, -0.05) is 18.2 Å². The molecule has 3 rings (SSSR count). The van der Waals surface area contributed by atoms with Gasteiger partial charge in [0.15, 0.2) is 0 Å². The van der Waals surface area contributed by atoms with Crippen LogP contribution >= 0.6 is 0 Å². The monoisotopic (exact) mass is 324 g/mol. The Hall–Kier alpha value is -2.99. The molecule has 2 aromatic carbocycles. The molecule has 6 nitrogen and oxygen atoms in total. The van der Waals surface area contributed by atoms with E-state index in [1.165, 1.54) is 0 Å². The normalized spacial score (nSPS) is 10.6. The lowest BCUT2D eigenvalue weighted by Gasteiger charge is -2.03. The molecule has 0 aliphatic carbocycles. The van der Waals surface area contributed by atoms with Gasteiger partial charge in [0.05, 0.1) is 12.2 Å². The molecular formula is C18H16N2O4. The Balaban J connectivity index is 1.81. The molecule has 0 amide bonds. The predicted molar refractivity (Wildman–Crippen MR) is 87.3 cm³/mol. The first-order chi connectivity index (χ1) is 11.7. The van der Waals surface area contributed by atoms with Gasteiger partial charge in [-0.2, -0.15) is 0 Å². The van der Waals surface area contributed by atoms with Crippen LogP contribution in [-0.2, 0) is 4.74 Å². The standard InChI is InChI=1S/C18H16N2O4/c1-12-4-2-3-5-15(12)17-20-19-16(24-17)13-6-8-14(9-7-13)18(22)23-11-10-21/h2-9,21H,10-11H2,1H3. The van der Waals surface area contributed by atoms with Gasteiger partial charge in [0.1, 0.15) is 6.61 Å². The summed E-state index contributed by atoms with van der Waals surface area (Å²) in [5.41, 5.74) is 3.04. The van der Waals surface area contributed by atoms with E-state index in [-0.39, 0.29) is 13.2 Å². The average Bonchev–Trinajstić information content (AvgIpc) is 3.10. The number of benzene rings is 2. The number of nitrogens with zero attached hydrogens (tertiary/aromatic N) is 2. The Morgan fingerprint density at radius 1 is 1.08 bits per heavy atom. The largest absolute Gasteiger partial charge is 0.460 e. The number of ether oxygens (including phenoxy) is 1. The van der Waals surface area contributed by atoms with E-state index >= 15 is 0 Å². The van der Waals surface area contributed by atoms with Crippen molar-refractivity contribution in [1.82, 2.24) is 10.2 Å². The minimum absolute atomic E-state index is 0.0238. The molecule has 0 aliphatic rings. The molecule has 0 bridgehead atoms. The fourth-order valence-corrected chi connectivity index (χ4v) is 2.23. The maximum absolute atomic E-state index is 11.7. The van der Waals surface area contributed by atoms with Gasteiger partial charge in [-0.25, -0.2) is 4.79 Å². The van der Waals surface area contributed by atoms with E-state index in [1.807, 2.05) is 31.2 Å². The fraction of sp³-hybridized carbons (Fsp3) is 0.167. The number of aliphatic hydroxyl groups excluding tert-OH is 1. The highest BCUT2D eigenvalue weighted by Gasteiger charge is 2.13. The van der Waals surface area contributed by atoms with Gasteiger partial charge in [-0.15, -0.1) is 10.2 Å². The molecule has 0 atom stereocenters. The van der Waals surface area contributed by atoms with E-state index in [2.05, 4.69) is 10.2 Å². The van der Waals surface area contributed by atoms with Crippen molar-refractivity contribution >= 4 is 5.97 Å². The van der Waals surface area contributed by atoms with Crippen LogP contribution in [0, 0.1) is 6.92 Å². The first-order valence-electron chi connectivity index (χ1n) is 7.47. The second-order valence-electron chi connectivity index (χ2n) is 5.16. The van der Waals surface area contributed by atoms with E-state index in [1.54, 1.807) is 24.3 Å². The van der Waals surface area contributed by atoms with E-state index < -0.39 is 5.97 Å². The highest BCUT2D eigenvalue weighted by molar-refractivity contribution is 5.89. The van der Waals surface area contributed by atoms with Crippen LogP contribution < -0.4 is 0 Å². The molecular weight excluding hydrogens is 308 g/mol. The molecule has 1 aromatic heterocycles. The van der Waals surface area contributed by atoms with Crippen molar-refractivity contribution in [3.63, 3.8) is 0 Å². The Morgan fingerprint density at radius 2 is 1.79 bits per heavy atom. The molecule has 6 heteroatoms. The van der Waals surface area contributed by atoms with Crippen molar-refractivity contribution in [2.45, 2.75) is 6.92 Å². The third kappa shape index (κ3) is 3.33. The molecule has 0 saturated carbocycles. The van der Waals surface area contributed by atoms with Gasteiger partial charge in [-0.05, 0) is 42.8 Å². The lowest BCUT2D eigenvalue weighted by molar-refractivity contribution is 0.0434. The van der Waals surface area contributed by atoms with E-state index in [9.17, 15) is 4.79 Å². The van der Waals surface area contributed by atoms with Gasteiger partial charge in [0.25, 0.3) is 0 Å². The Bertz CT molecular complexity index is 840. The average molecular weight is 324 g/mol. The summed E-state index contributed by atoms with van der Waals surface area (Å²) in [6.07, 6.45) is 0. The third-order valence-electron chi connectivity index (χ3n) is 3.49. The number of rotatable bonds is 5. The number of hydrogen-bond acceptors (Lipinski definition) is 6. The van der Waals surface area contributed by atoms with E-state index in [4.69, 9.17) is 14.3 Å². The Morgan fingerprint density at radius 3 is 2.50 bits per heavy atom. The van der Waals surface area contributed by atoms with E-state index in [0.717, 1.165) is 11.1 Å². The second kappa shape index (κ2) is 7.06. The summed E-state index contributed by atoms with van der Waals surface area (Å²) in [5, 5.41) is 16.8. The smallest absolute Gasteiger partial charge is 0.338 e. The van der Waals surface area contributed by atoms with Gasteiger partial charge < -0.3 is 14.3 Å². The van der Waals surface area contributed by atoms with Gasteiger partial charge in [-0.3, -0.25) is 0 Å². The SMILES string of the molecule is Cc1ccccc1-c1nnc(-c2ccc(C(=O)OCCO)cc2)o1. The molecule has 0 radical (unpaired) electrons. The number of carbonyl (C=O) groups is 1. The molecule has 1 heterocycles. The molecule has 0 aliphatic heterocycles. The molecule has 0 spiro atoms. The fourth-order valence-electron chi connectivity index (χ4n) is 2.23. The minimum Gasteiger partial charge on any atom is -0.460 e. The van der Waals surface area contributed by atoms with Crippen molar-refractivity contribution in [2.24, 2.45) is 0 Å². The number of carbonyl (C=O) groups excluding carboxylic acids is 1. The molecule has 0 unspecified atom stereocenters. The van der Waals surface area contributed by atoms with Crippen LogP contribution in [0.3, 0.4) is 0 Å². The van der Waals surface area contributed by atoms with Crippen LogP contribution in [0.4, 0.5) is 0 Å². The van der Waals surface area contributed by atoms with Crippen LogP contribution in [0.5, 0.6) is 0 Å². The highest BCUT2D eigenvalue weighted by atomic mass is 16.5. The molecule has 0 fully saturated rings. The van der Waals surface area contributed by atoms with Gasteiger partial charge in [0.2, 0.25) is 11.8 Å². The molecule has 3 aromatic rings. The topological polar surface area (TPSA) is 85.5 Å². The highest BCUT2D eigenvalue weighted by Crippen LogP contribution is 2.26. The zero-order valence-corrected chi connectivity index (χ0v) is 13.1. The summed E-state index contributed by atoms with van der Waals surface area (Å²) in [7, 11) is 0. The van der Waals surface area contributed by atoms with Crippen molar-refractivity contribution in [1.29, 1.82) is 0 Å². The summed E-state index contributed by atoms with van der Waals surface area (Å²) >= 11 is 0. The Labute approximate surface area is 138 Å². The summed E-state index contributed by atoms with van der Waals surface area (Å²) in [6, 6.07) is 14.4. The molecule has 122 valence electrons. The predicted octanol–water partition coefficient (Wildman–Crippen LogP) is 2.86. The first kappa shape index (κ1) is 15.9. The van der Waals surface area contributed by atoms with Gasteiger partial charge in [0, 0.05) is 11.1 Å². The maximum atomic E-state index is 11.7. The summed E-state index contributed by atoms with van der Waals surface area (Å²) in [4.78, 5) is 11.7. The van der Waals surface area contributed by atoms with Crippen molar-refractivity contribution in [3.05, 3.63) is 59.7 Å². The molecule has 1 N–H and O–H groups in total. The van der Waals surface area contributed by atoms with E-state index in [0.29, 0.717) is 22.9 Å². The summed E-state index contributed by atoms with van der Waals surface area (Å²) in [6.45, 7) is 1.75. The maximum Gasteiger partial charge on any atom is 0.338 e. The van der Waals surface area contributed by atoms with Gasteiger partial charge >= 0.3 is 5.97 Å². The number of aryl methyl sites for hydroxylation is 1. The van der Waals surface area contributed by atoms with Crippen LogP contribution in [0.1, 0.15) is 15.9 Å². The quantitative estimate of drug-likeness (QED) is 0.726. The minimum atomic E-state index is -0.485. The summed E-state index contributed by atoms with van der Waals surface area (Å²) in [5.74, 6) is 0.347.